The third-order valence-corrected chi connectivity index (χ3v) is 6.83. The van der Waals surface area contributed by atoms with Crippen molar-refractivity contribution in [2.24, 2.45) is 5.92 Å². The summed E-state index contributed by atoms with van der Waals surface area (Å²) in [5.74, 6) is 0.289. The molecule has 0 saturated carbocycles. The Bertz CT molecular complexity index is 897. The summed E-state index contributed by atoms with van der Waals surface area (Å²) in [6, 6.07) is 15.6. The predicted octanol–water partition coefficient (Wildman–Crippen LogP) is 4.60. The molecule has 0 radical (unpaired) electrons. The number of rotatable bonds is 4. The van der Waals surface area contributed by atoms with Gasteiger partial charge in [0, 0.05) is 41.3 Å². The van der Waals surface area contributed by atoms with Gasteiger partial charge < -0.3 is 15.1 Å². The number of aryl methyl sites for hydroxylation is 1. The number of hydrogen-bond acceptors (Lipinski definition) is 3. The number of amides is 2. The summed E-state index contributed by atoms with van der Waals surface area (Å²) in [6.07, 6.45) is 3.75. The van der Waals surface area contributed by atoms with Crippen LogP contribution in [0.1, 0.15) is 41.6 Å². The maximum atomic E-state index is 12.7. The number of hydrogen-bond donors (Lipinski definition) is 1. The van der Waals surface area contributed by atoms with Gasteiger partial charge in [0.2, 0.25) is 5.91 Å². The van der Waals surface area contributed by atoms with E-state index in [1.807, 2.05) is 36.1 Å². The lowest BCUT2D eigenvalue weighted by molar-refractivity contribution is -0.121. The predicted molar refractivity (Wildman–Crippen MR) is 124 cm³/mol. The molecule has 0 bridgehead atoms. The number of carbonyl (C=O) groups excluding carboxylic acids is 2. The maximum Gasteiger partial charge on any atom is 0.253 e. The summed E-state index contributed by atoms with van der Waals surface area (Å²) in [5.41, 5.74) is 2.76. The Morgan fingerprint density at radius 1 is 0.871 bits per heavy atom. The van der Waals surface area contributed by atoms with E-state index in [1.165, 1.54) is 5.56 Å². The summed E-state index contributed by atoms with van der Waals surface area (Å²) in [4.78, 5) is 29.8. The third-order valence-electron chi connectivity index (χ3n) is 6.58. The second kappa shape index (κ2) is 9.84. The van der Waals surface area contributed by atoms with Crippen LogP contribution in [0.5, 0.6) is 0 Å². The molecule has 2 saturated heterocycles. The number of nitrogens with one attached hydrogen (secondary N) is 1. The molecule has 0 aromatic heterocycles. The topological polar surface area (TPSA) is 52.7 Å². The molecule has 2 aliphatic heterocycles. The lowest BCUT2D eigenvalue weighted by atomic mass is 9.92. The van der Waals surface area contributed by atoms with E-state index in [9.17, 15) is 9.59 Å². The van der Waals surface area contributed by atoms with E-state index in [0.717, 1.165) is 57.5 Å². The number of anilines is 1. The molecule has 164 valence electrons. The highest BCUT2D eigenvalue weighted by Crippen LogP contribution is 2.26. The molecule has 2 fully saturated rings. The molecule has 2 amide bonds. The van der Waals surface area contributed by atoms with Crippen LogP contribution in [0.2, 0.25) is 5.02 Å². The second-order valence-corrected chi connectivity index (χ2v) is 9.13. The van der Waals surface area contributed by atoms with Crippen LogP contribution >= 0.6 is 11.6 Å². The number of carbonyl (C=O) groups is 2. The average molecular weight is 440 g/mol. The van der Waals surface area contributed by atoms with Crippen LogP contribution < -0.4 is 5.32 Å². The van der Waals surface area contributed by atoms with Gasteiger partial charge in [0.1, 0.15) is 0 Å². The zero-order chi connectivity index (χ0) is 21.8. The molecule has 0 unspecified atom stereocenters. The van der Waals surface area contributed by atoms with Gasteiger partial charge in [-0.05, 0) is 82.1 Å². The molecular formula is C25H30ClN3O2. The van der Waals surface area contributed by atoms with E-state index in [4.69, 9.17) is 11.6 Å². The van der Waals surface area contributed by atoms with Crippen molar-refractivity contribution in [3.8, 4) is 0 Å². The SMILES string of the molecule is Cc1ccc(NC(=O)C2CCN(C3CCN(C(=O)c4ccc(Cl)cc4)CC3)CC2)cc1. The van der Waals surface area contributed by atoms with Crippen molar-refractivity contribution in [2.45, 2.75) is 38.6 Å². The van der Waals surface area contributed by atoms with Crippen molar-refractivity contribution in [2.75, 3.05) is 31.5 Å². The number of nitrogens with zero attached hydrogens (tertiary/aromatic N) is 2. The van der Waals surface area contributed by atoms with Gasteiger partial charge in [-0.3, -0.25) is 9.59 Å². The lowest BCUT2D eigenvalue weighted by Crippen LogP contribution is -2.49. The molecule has 2 aromatic carbocycles. The highest BCUT2D eigenvalue weighted by Gasteiger charge is 2.31. The van der Waals surface area contributed by atoms with Crippen LogP contribution in [0.3, 0.4) is 0 Å². The fourth-order valence-corrected chi connectivity index (χ4v) is 4.74. The van der Waals surface area contributed by atoms with Crippen molar-refractivity contribution >= 4 is 29.1 Å². The molecule has 1 N–H and O–H groups in total. The zero-order valence-corrected chi connectivity index (χ0v) is 18.8. The van der Waals surface area contributed by atoms with E-state index >= 15 is 0 Å². The zero-order valence-electron chi connectivity index (χ0n) is 18.0. The van der Waals surface area contributed by atoms with Gasteiger partial charge >= 0.3 is 0 Å². The van der Waals surface area contributed by atoms with Gasteiger partial charge in [-0.2, -0.15) is 0 Å². The van der Waals surface area contributed by atoms with Gasteiger partial charge in [0.15, 0.2) is 0 Å². The molecule has 0 atom stereocenters. The number of piperidine rings is 2. The minimum absolute atomic E-state index is 0.0733. The van der Waals surface area contributed by atoms with E-state index in [2.05, 4.69) is 10.2 Å². The number of likely N-dealkylation sites (tertiary alicyclic amines) is 2. The Balaban J connectivity index is 1.22. The maximum absolute atomic E-state index is 12.7. The Morgan fingerprint density at radius 3 is 2.10 bits per heavy atom. The highest BCUT2D eigenvalue weighted by molar-refractivity contribution is 6.30. The molecular weight excluding hydrogens is 410 g/mol. The number of benzene rings is 2. The summed E-state index contributed by atoms with van der Waals surface area (Å²) >= 11 is 5.93. The van der Waals surface area contributed by atoms with Crippen LogP contribution in [-0.4, -0.2) is 53.8 Å². The first-order valence-electron chi connectivity index (χ1n) is 11.2. The van der Waals surface area contributed by atoms with Crippen molar-refractivity contribution in [3.05, 3.63) is 64.7 Å². The van der Waals surface area contributed by atoms with Crippen LogP contribution in [-0.2, 0) is 4.79 Å². The summed E-state index contributed by atoms with van der Waals surface area (Å²) < 4.78 is 0. The molecule has 0 aliphatic carbocycles. The van der Waals surface area contributed by atoms with Crippen LogP contribution in [0.25, 0.3) is 0 Å². The Morgan fingerprint density at radius 2 is 1.48 bits per heavy atom. The lowest BCUT2D eigenvalue weighted by Gasteiger charge is -2.41. The molecule has 6 heteroatoms. The van der Waals surface area contributed by atoms with E-state index < -0.39 is 0 Å². The minimum atomic E-state index is 0.0733. The number of halogens is 1. The Hall–Kier alpha value is -2.37. The van der Waals surface area contributed by atoms with E-state index in [0.29, 0.717) is 16.6 Å². The molecule has 2 aromatic rings. The van der Waals surface area contributed by atoms with Gasteiger partial charge in [-0.1, -0.05) is 29.3 Å². The van der Waals surface area contributed by atoms with Crippen molar-refractivity contribution < 1.29 is 9.59 Å². The molecule has 2 aliphatic rings. The van der Waals surface area contributed by atoms with E-state index in [-0.39, 0.29) is 17.7 Å². The highest BCUT2D eigenvalue weighted by atomic mass is 35.5. The smallest absolute Gasteiger partial charge is 0.253 e. The summed E-state index contributed by atoms with van der Waals surface area (Å²) in [5, 5.41) is 3.71. The molecule has 0 spiro atoms. The Labute approximate surface area is 189 Å². The first kappa shape index (κ1) is 21.8. The molecule has 31 heavy (non-hydrogen) atoms. The first-order chi connectivity index (χ1) is 15.0. The quantitative estimate of drug-likeness (QED) is 0.757. The monoisotopic (exact) mass is 439 g/mol. The van der Waals surface area contributed by atoms with Gasteiger partial charge in [0.25, 0.3) is 5.91 Å². The van der Waals surface area contributed by atoms with Crippen LogP contribution in [0.4, 0.5) is 5.69 Å². The fourth-order valence-electron chi connectivity index (χ4n) is 4.62. The summed E-state index contributed by atoms with van der Waals surface area (Å²) in [7, 11) is 0. The van der Waals surface area contributed by atoms with Gasteiger partial charge in [0.05, 0.1) is 0 Å². The van der Waals surface area contributed by atoms with Crippen molar-refractivity contribution in [1.82, 2.24) is 9.80 Å². The Kier molecular flexibility index (Phi) is 6.93. The van der Waals surface area contributed by atoms with Gasteiger partial charge in [-0.25, -0.2) is 0 Å². The molecule has 5 nitrogen and oxygen atoms in total. The van der Waals surface area contributed by atoms with Crippen LogP contribution in [0, 0.1) is 12.8 Å². The molecule has 4 rings (SSSR count). The molecule has 2 heterocycles. The van der Waals surface area contributed by atoms with Crippen LogP contribution in [0.15, 0.2) is 48.5 Å². The first-order valence-corrected chi connectivity index (χ1v) is 11.5. The minimum Gasteiger partial charge on any atom is -0.339 e. The standard InChI is InChI=1S/C25H30ClN3O2/c1-18-2-8-22(9-3-18)27-24(30)19-10-14-28(15-11-19)23-12-16-29(17-13-23)25(31)20-4-6-21(26)7-5-20/h2-9,19,23H,10-17H2,1H3,(H,27,30). The average Bonchev–Trinajstić information content (AvgIpc) is 2.81. The van der Waals surface area contributed by atoms with Crippen molar-refractivity contribution in [1.29, 1.82) is 0 Å². The van der Waals surface area contributed by atoms with E-state index in [1.54, 1.807) is 24.3 Å². The largest absolute Gasteiger partial charge is 0.339 e. The second-order valence-electron chi connectivity index (χ2n) is 8.70. The normalized spacial score (nSPS) is 18.7. The summed E-state index contributed by atoms with van der Waals surface area (Å²) in [6.45, 7) is 5.49. The van der Waals surface area contributed by atoms with Gasteiger partial charge in [-0.15, -0.1) is 0 Å². The third kappa shape index (κ3) is 5.46. The van der Waals surface area contributed by atoms with Crippen molar-refractivity contribution in [3.63, 3.8) is 0 Å². The fraction of sp³-hybridized carbons (Fsp3) is 0.440.